The molecule has 0 unspecified atom stereocenters. The van der Waals surface area contributed by atoms with Crippen molar-refractivity contribution in [1.29, 1.82) is 0 Å². The molecular formula is C25H46N2O2. The normalized spacial score (nSPS) is 10.5. The van der Waals surface area contributed by atoms with Crippen LogP contribution < -0.4 is 10.6 Å². The second-order valence-electron chi connectivity index (χ2n) is 7.95. The predicted molar refractivity (Wildman–Crippen MR) is 125 cm³/mol. The number of allylic oxidation sites excluding steroid dienone is 2. The molecule has 0 rings (SSSR count). The Bertz CT molecular complexity index is 383. The van der Waals surface area contributed by atoms with E-state index in [2.05, 4.69) is 23.8 Å². The summed E-state index contributed by atoms with van der Waals surface area (Å²) >= 11 is 0. The van der Waals surface area contributed by atoms with Gasteiger partial charge in [0.05, 0.1) is 0 Å². The van der Waals surface area contributed by atoms with Crippen molar-refractivity contribution in [3.8, 4) is 0 Å². The minimum Gasteiger partial charge on any atom is -0.356 e. The van der Waals surface area contributed by atoms with Gasteiger partial charge in [-0.2, -0.15) is 0 Å². The molecule has 0 aromatic rings. The van der Waals surface area contributed by atoms with Crippen LogP contribution in [0, 0.1) is 0 Å². The SMILES string of the molecule is C=CCCCCCCCCC(=O)NCCCNC(=O)CCCCCCCCC=C. The highest BCUT2D eigenvalue weighted by Crippen LogP contribution is 2.09. The van der Waals surface area contributed by atoms with E-state index in [0.29, 0.717) is 25.9 Å². The molecule has 2 N–H and O–H groups in total. The molecule has 0 bridgehead atoms. The number of unbranched alkanes of at least 4 members (excludes halogenated alkanes) is 12. The van der Waals surface area contributed by atoms with Crippen LogP contribution in [0.5, 0.6) is 0 Å². The Morgan fingerprint density at radius 3 is 1.24 bits per heavy atom. The molecule has 4 heteroatoms. The summed E-state index contributed by atoms with van der Waals surface area (Å²) in [6.45, 7) is 8.75. The molecule has 0 aromatic heterocycles. The standard InChI is InChI=1S/C25H46N2O2/c1-3-5-7-9-11-13-15-17-20-24(28)26-22-19-23-27-25(29)21-18-16-14-12-10-8-6-4-2/h3-4H,1-2,5-23H2,(H,26,28)(H,27,29). The van der Waals surface area contributed by atoms with Gasteiger partial charge >= 0.3 is 0 Å². The highest BCUT2D eigenvalue weighted by Gasteiger charge is 2.02. The van der Waals surface area contributed by atoms with Crippen LogP contribution in [0.15, 0.2) is 25.3 Å². The van der Waals surface area contributed by atoms with Crippen LogP contribution in [0.25, 0.3) is 0 Å². The Morgan fingerprint density at radius 2 is 0.862 bits per heavy atom. The van der Waals surface area contributed by atoms with Gasteiger partial charge in [-0.05, 0) is 44.9 Å². The number of hydrogen-bond donors (Lipinski definition) is 2. The Morgan fingerprint density at radius 1 is 0.517 bits per heavy atom. The number of carbonyl (C=O) groups is 2. The fourth-order valence-corrected chi connectivity index (χ4v) is 3.28. The zero-order chi connectivity index (χ0) is 21.4. The summed E-state index contributed by atoms with van der Waals surface area (Å²) in [5, 5.41) is 5.90. The molecule has 0 aliphatic rings. The highest BCUT2D eigenvalue weighted by atomic mass is 16.2. The predicted octanol–water partition coefficient (Wildman–Crippen LogP) is 6.22. The second-order valence-corrected chi connectivity index (χ2v) is 7.95. The van der Waals surface area contributed by atoms with Gasteiger partial charge in [0.2, 0.25) is 11.8 Å². The first-order valence-corrected chi connectivity index (χ1v) is 12.0. The van der Waals surface area contributed by atoms with E-state index in [4.69, 9.17) is 0 Å². The first-order valence-electron chi connectivity index (χ1n) is 12.0. The summed E-state index contributed by atoms with van der Waals surface area (Å²) in [6, 6.07) is 0. The molecule has 2 amide bonds. The molecule has 0 aliphatic heterocycles. The van der Waals surface area contributed by atoms with Crippen LogP contribution in [0.2, 0.25) is 0 Å². The van der Waals surface area contributed by atoms with E-state index in [0.717, 1.165) is 44.9 Å². The minimum absolute atomic E-state index is 0.135. The monoisotopic (exact) mass is 406 g/mol. The maximum absolute atomic E-state index is 11.8. The van der Waals surface area contributed by atoms with E-state index in [1.165, 1.54) is 51.4 Å². The first kappa shape index (κ1) is 27.4. The van der Waals surface area contributed by atoms with E-state index in [-0.39, 0.29) is 11.8 Å². The molecule has 168 valence electrons. The fraction of sp³-hybridized carbons (Fsp3) is 0.760. The van der Waals surface area contributed by atoms with Crippen LogP contribution in [0.4, 0.5) is 0 Å². The van der Waals surface area contributed by atoms with Crippen molar-refractivity contribution >= 4 is 11.8 Å². The average Bonchev–Trinajstić information content (AvgIpc) is 2.71. The Balaban J connectivity index is 3.30. The van der Waals surface area contributed by atoms with Gasteiger partial charge in [0.25, 0.3) is 0 Å². The molecule has 4 nitrogen and oxygen atoms in total. The Hall–Kier alpha value is -1.58. The third kappa shape index (κ3) is 22.6. The molecule has 0 heterocycles. The molecule has 0 aromatic carbocycles. The van der Waals surface area contributed by atoms with Crippen molar-refractivity contribution in [3.05, 3.63) is 25.3 Å². The number of nitrogens with one attached hydrogen (secondary N) is 2. The lowest BCUT2D eigenvalue weighted by Gasteiger charge is -2.07. The largest absolute Gasteiger partial charge is 0.356 e. The summed E-state index contributed by atoms with van der Waals surface area (Å²) in [4.78, 5) is 23.6. The van der Waals surface area contributed by atoms with Gasteiger partial charge in [-0.1, -0.05) is 63.5 Å². The van der Waals surface area contributed by atoms with Crippen molar-refractivity contribution in [3.63, 3.8) is 0 Å². The Labute approximate surface area is 180 Å². The van der Waals surface area contributed by atoms with E-state index in [1.54, 1.807) is 0 Å². The molecular weight excluding hydrogens is 360 g/mol. The lowest BCUT2D eigenvalue weighted by molar-refractivity contribution is -0.121. The lowest BCUT2D eigenvalue weighted by Crippen LogP contribution is -2.29. The van der Waals surface area contributed by atoms with Gasteiger partial charge in [0, 0.05) is 25.9 Å². The first-order chi connectivity index (χ1) is 14.2. The van der Waals surface area contributed by atoms with E-state index >= 15 is 0 Å². The van der Waals surface area contributed by atoms with Crippen molar-refractivity contribution in [2.24, 2.45) is 0 Å². The zero-order valence-corrected chi connectivity index (χ0v) is 18.8. The third-order valence-electron chi connectivity index (χ3n) is 5.12. The topological polar surface area (TPSA) is 58.2 Å². The average molecular weight is 407 g/mol. The molecule has 0 atom stereocenters. The molecule has 0 aliphatic carbocycles. The van der Waals surface area contributed by atoms with Crippen molar-refractivity contribution in [2.75, 3.05) is 13.1 Å². The van der Waals surface area contributed by atoms with Gasteiger partial charge in [0.1, 0.15) is 0 Å². The molecule has 0 fully saturated rings. The maximum Gasteiger partial charge on any atom is 0.219 e. The van der Waals surface area contributed by atoms with Crippen molar-refractivity contribution < 1.29 is 9.59 Å². The number of amides is 2. The van der Waals surface area contributed by atoms with Crippen LogP contribution in [-0.4, -0.2) is 24.9 Å². The minimum atomic E-state index is 0.135. The van der Waals surface area contributed by atoms with E-state index < -0.39 is 0 Å². The quantitative estimate of drug-likeness (QED) is 0.165. The molecule has 0 saturated carbocycles. The third-order valence-corrected chi connectivity index (χ3v) is 5.12. The second kappa shape index (κ2) is 22.7. The summed E-state index contributed by atoms with van der Waals surface area (Å²) in [5.74, 6) is 0.271. The van der Waals surface area contributed by atoms with E-state index in [9.17, 15) is 9.59 Å². The van der Waals surface area contributed by atoms with Gasteiger partial charge < -0.3 is 10.6 Å². The van der Waals surface area contributed by atoms with Crippen molar-refractivity contribution in [2.45, 2.75) is 109 Å². The molecule has 0 radical (unpaired) electrons. The molecule has 0 spiro atoms. The summed E-state index contributed by atoms with van der Waals surface area (Å²) in [5.41, 5.74) is 0. The van der Waals surface area contributed by atoms with Gasteiger partial charge in [-0.15, -0.1) is 13.2 Å². The van der Waals surface area contributed by atoms with Gasteiger partial charge in [0.15, 0.2) is 0 Å². The summed E-state index contributed by atoms with van der Waals surface area (Å²) in [7, 11) is 0. The smallest absolute Gasteiger partial charge is 0.219 e. The fourth-order valence-electron chi connectivity index (χ4n) is 3.28. The molecule has 29 heavy (non-hydrogen) atoms. The van der Waals surface area contributed by atoms with Crippen LogP contribution in [0.1, 0.15) is 109 Å². The van der Waals surface area contributed by atoms with Crippen LogP contribution >= 0.6 is 0 Å². The van der Waals surface area contributed by atoms with Crippen LogP contribution in [-0.2, 0) is 9.59 Å². The van der Waals surface area contributed by atoms with Crippen molar-refractivity contribution in [1.82, 2.24) is 10.6 Å². The maximum atomic E-state index is 11.8. The van der Waals surface area contributed by atoms with E-state index in [1.807, 2.05) is 12.2 Å². The van der Waals surface area contributed by atoms with Gasteiger partial charge in [-0.25, -0.2) is 0 Å². The lowest BCUT2D eigenvalue weighted by atomic mass is 10.1. The van der Waals surface area contributed by atoms with Crippen LogP contribution in [0.3, 0.4) is 0 Å². The number of hydrogen-bond acceptors (Lipinski definition) is 2. The molecule has 0 saturated heterocycles. The summed E-state index contributed by atoms with van der Waals surface area (Å²) < 4.78 is 0. The Kier molecular flexibility index (Phi) is 21.5. The highest BCUT2D eigenvalue weighted by molar-refractivity contribution is 5.76. The number of carbonyl (C=O) groups excluding carboxylic acids is 2. The zero-order valence-electron chi connectivity index (χ0n) is 18.8. The van der Waals surface area contributed by atoms with Gasteiger partial charge in [-0.3, -0.25) is 9.59 Å². The number of rotatable bonds is 22. The summed E-state index contributed by atoms with van der Waals surface area (Å²) in [6.07, 6.45) is 22.3.